The Morgan fingerprint density at radius 1 is 1.11 bits per heavy atom. The minimum atomic E-state index is 0.0335. The average Bonchev–Trinajstić information content (AvgIpc) is 2.90. The Bertz CT molecular complexity index is 256. The maximum atomic E-state index is 11.7. The van der Waals surface area contributed by atoms with Crippen molar-refractivity contribution in [2.75, 3.05) is 13.2 Å². The lowest BCUT2D eigenvalue weighted by atomic mass is 9.88. The van der Waals surface area contributed by atoms with Gasteiger partial charge in [-0.3, -0.25) is 4.79 Å². The highest BCUT2D eigenvalue weighted by Gasteiger charge is 2.22. The lowest BCUT2D eigenvalue weighted by Gasteiger charge is -2.27. The van der Waals surface area contributed by atoms with Crippen LogP contribution in [0.1, 0.15) is 51.4 Å². The Hall–Kier alpha value is -0.610. The van der Waals surface area contributed by atoms with Crippen LogP contribution in [0, 0.1) is 5.92 Å². The summed E-state index contributed by atoms with van der Waals surface area (Å²) in [6.07, 6.45) is 8.90. The number of hydrogen-bond donors (Lipinski definition) is 2. The second-order valence-electron chi connectivity index (χ2n) is 5.69. The molecule has 2 aliphatic rings. The molecule has 104 valence electrons. The molecule has 0 aromatic rings. The highest BCUT2D eigenvalue weighted by molar-refractivity contribution is 5.77. The highest BCUT2D eigenvalue weighted by atomic mass is 16.5. The Balaban J connectivity index is 1.58. The van der Waals surface area contributed by atoms with Gasteiger partial charge < -0.3 is 15.2 Å². The number of hydrogen-bond acceptors (Lipinski definition) is 3. The molecule has 0 bridgehead atoms. The van der Waals surface area contributed by atoms with Gasteiger partial charge in [-0.05, 0) is 44.4 Å². The van der Waals surface area contributed by atoms with Crippen LogP contribution in [0.5, 0.6) is 0 Å². The zero-order chi connectivity index (χ0) is 12.8. The molecule has 2 saturated carbocycles. The monoisotopic (exact) mass is 255 g/mol. The predicted molar refractivity (Wildman–Crippen MR) is 69.2 cm³/mol. The lowest BCUT2D eigenvalue weighted by molar-refractivity contribution is -0.129. The zero-order valence-corrected chi connectivity index (χ0v) is 11.1. The molecule has 0 spiro atoms. The third kappa shape index (κ3) is 4.25. The van der Waals surface area contributed by atoms with E-state index < -0.39 is 0 Å². The van der Waals surface area contributed by atoms with E-state index in [1.54, 1.807) is 0 Å². The minimum Gasteiger partial charge on any atom is -0.396 e. The summed E-state index contributed by atoms with van der Waals surface area (Å²) in [4.78, 5) is 11.7. The first-order valence-electron chi connectivity index (χ1n) is 7.29. The van der Waals surface area contributed by atoms with Crippen LogP contribution in [-0.2, 0) is 9.53 Å². The standard InChI is InChI=1S/C14H25NO3/c16-9-11-5-7-13(8-6-11)18-10-14(17)15-12-3-1-2-4-12/h11-13,16H,1-10H2,(H,15,17). The van der Waals surface area contributed by atoms with Gasteiger partial charge in [0.05, 0.1) is 6.10 Å². The molecule has 0 unspecified atom stereocenters. The number of rotatable bonds is 5. The van der Waals surface area contributed by atoms with Gasteiger partial charge in [-0.1, -0.05) is 12.8 Å². The molecular formula is C14H25NO3. The SMILES string of the molecule is O=C(COC1CCC(CO)CC1)NC1CCCC1. The Kier molecular flexibility index (Phi) is 5.45. The number of carbonyl (C=O) groups excluding carboxylic acids is 1. The molecule has 0 saturated heterocycles. The van der Waals surface area contributed by atoms with Gasteiger partial charge in [0.1, 0.15) is 6.61 Å². The summed E-state index contributed by atoms with van der Waals surface area (Å²) in [6, 6.07) is 0.381. The normalized spacial score (nSPS) is 29.4. The topological polar surface area (TPSA) is 58.6 Å². The molecule has 0 aromatic carbocycles. The van der Waals surface area contributed by atoms with E-state index in [-0.39, 0.29) is 25.2 Å². The molecule has 4 nitrogen and oxygen atoms in total. The number of aliphatic hydroxyl groups is 1. The number of aliphatic hydroxyl groups excluding tert-OH is 1. The maximum Gasteiger partial charge on any atom is 0.246 e. The van der Waals surface area contributed by atoms with E-state index >= 15 is 0 Å². The molecule has 2 N–H and O–H groups in total. The minimum absolute atomic E-state index is 0.0335. The first-order chi connectivity index (χ1) is 8.78. The van der Waals surface area contributed by atoms with Crippen LogP contribution in [0.4, 0.5) is 0 Å². The fourth-order valence-corrected chi connectivity index (χ4v) is 3.01. The number of carbonyl (C=O) groups is 1. The first kappa shape index (κ1) is 13.8. The van der Waals surface area contributed by atoms with E-state index in [0.717, 1.165) is 38.5 Å². The van der Waals surface area contributed by atoms with Crippen molar-refractivity contribution >= 4 is 5.91 Å². The molecule has 0 aromatic heterocycles. The molecule has 0 atom stereocenters. The van der Waals surface area contributed by atoms with E-state index in [1.165, 1.54) is 12.8 Å². The highest BCUT2D eigenvalue weighted by Crippen LogP contribution is 2.25. The van der Waals surface area contributed by atoms with E-state index in [9.17, 15) is 4.79 Å². The zero-order valence-electron chi connectivity index (χ0n) is 11.1. The maximum absolute atomic E-state index is 11.7. The number of nitrogens with one attached hydrogen (secondary N) is 1. The van der Waals surface area contributed by atoms with Crippen molar-refractivity contribution in [2.24, 2.45) is 5.92 Å². The predicted octanol–water partition coefficient (Wildman–Crippen LogP) is 1.61. The summed E-state index contributed by atoms with van der Waals surface area (Å²) in [6.45, 7) is 0.486. The Morgan fingerprint density at radius 2 is 1.78 bits per heavy atom. The summed E-state index contributed by atoms with van der Waals surface area (Å²) < 4.78 is 5.65. The molecule has 2 aliphatic carbocycles. The quantitative estimate of drug-likeness (QED) is 0.784. The summed E-state index contributed by atoms with van der Waals surface area (Å²) in [5, 5.41) is 12.1. The van der Waals surface area contributed by atoms with Gasteiger partial charge in [0.2, 0.25) is 5.91 Å². The molecule has 2 rings (SSSR count). The molecule has 4 heteroatoms. The van der Waals surface area contributed by atoms with Crippen molar-refractivity contribution in [3.05, 3.63) is 0 Å². The van der Waals surface area contributed by atoms with Gasteiger partial charge in [0.25, 0.3) is 0 Å². The molecule has 0 aliphatic heterocycles. The van der Waals surface area contributed by atoms with Crippen molar-refractivity contribution < 1.29 is 14.6 Å². The van der Waals surface area contributed by atoms with Crippen LogP contribution in [0.25, 0.3) is 0 Å². The van der Waals surface area contributed by atoms with Crippen LogP contribution in [0.3, 0.4) is 0 Å². The largest absolute Gasteiger partial charge is 0.396 e. The van der Waals surface area contributed by atoms with Crippen LogP contribution >= 0.6 is 0 Å². The lowest BCUT2D eigenvalue weighted by Crippen LogP contribution is -2.37. The van der Waals surface area contributed by atoms with E-state index in [2.05, 4.69) is 5.32 Å². The third-order valence-corrected chi connectivity index (χ3v) is 4.22. The fourth-order valence-electron chi connectivity index (χ4n) is 3.01. The van der Waals surface area contributed by atoms with Crippen LogP contribution in [0.2, 0.25) is 0 Å². The molecule has 0 radical (unpaired) electrons. The van der Waals surface area contributed by atoms with Crippen molar-refractivity contribution in [2.45, 2.75) is 63.5 Å². The average molecular weight is 255 g/mol. The summed E-state index contributed by atoms with van der Waals surface area (Å²) in [5.74, 6) is 0.475. The second-order valence-corrected chi connectivity index (χ2v) is 5.69. The van der Waals surface area contributed by atoms with Crippen molar-refractivity contribution in [3.8, 4) is 0 Å². The number of amides is 1. The van der Waals surface area contributed by atoms with Crippen molar-refractivity contribution in [3.63, 3.8) is 0 Å². The second kappa shape index (κ2) is 7.10. The van der Waals surface area contributed by atoms with Gasteiger partial charge >= 0.3 is 0 Å². The third-order valence-electron chi connectivity index (χ3n) is 4.22. The Morgan fingerprint density at radius 3 is 2.39 bits per heavy atom. The molecule has 1 amide bonds. The summed E-state index contributed by atoms with van der Waals surface area (Å²) in [5.41, 5.74) is 0. The van der Waals surface area contributed by atoms with Crippen LogP contribution in [0.15, 0.2) is 0 Å². The van der Waals surface area contributed by atoms with Gasteiger partial charge in [0.15, 0.2) is 0 Å². The van der Waals surface area contributed by atoms with Gasteiger partial charge in [-0.2, -0.15) is 0 Å². The first-order valence-corrected chi connectivity index (χ1v) is 7.29. The van der Waals surface area contributed by atoms with E-state index in [0.29, 0.717) is 12.0 Å². The van der Waals surface area contributed by atoms with Crippen molar-refractivity contribution in [1.29, 1.82) is 0 Å². The fraction of sp³-hybridized carbons (Fsp3) is 0.929. The molecular weight excluding hydrogens is 230 g/mol. The Labute approximate surface area is 109 Å². The molecule has 2 fully saturated rings. The van der Waals surface area contributed by atoms with E-state index in [4.69, 9.17) is 9.84 Å². The van der Waals surface area contributed by atoms with Gasteiger partial charge in [-0.15, -0.1) is 0 Å². The number of ether oxygens (including phenoxy) is 1. The van der Waals surface area contributed by atoms with E-state index in [1.807, 2.05) is 0 Å². The van der Waals surface area contributed by atoms with Crippen molar-refractivity contribution in [1.82, 2.24) is 5.32 Å². The van der Waals surface area contributed by atoms with Gasteiger partial charge in [0, 0.05) is 12.6 Å². The van der Waals surface area contributed by atoms with Gasteiger partial charge in [-0.25, -0.2) is 0 Å². The van der Waals surface area contributed by atoms with Crippen LogP contribution < -0.4 is 5.32 Å². The van der Waals surface area contributed by atoms with Crippen LogP contribution in [-0.4, -0.2) is 36.4 Å². The molecule has 0 heterocycles. The summed E-state index contributed by atoms with van der Waals surface area (Å²) in [7, 11) is 0. The smallest absolute Gasteiger partial charge is 0.246 e. The summed E-state index contributed by atoms with van der Waals surface area (Å²) >= 11 is 0. The molecule has 18 heavy (non-hydrogen) atoms.